The fourth-order valence-corrected chi connectivity index (χ4v) is 2.20. The number of Topliss-reactive ketones (excluding diaryl/α,β-unsaturated/α-hetero) is 1. The van der Waals surface area contributed by atoms with Gasteiger partial charge in [0.05, 0.1) is 14.2 Å². The molecule has 1 unspecified atom stereocenters. The van der Waals surface area contributed by atoms with Gasteiger partial charge in [0, 0.05) is 12.5 Å². The molecule has 0 spiro atoms. The Balaban J connectivity index is 2.41. The van der Waals surface area contributed by atoms with Crippen molar-refractivity contribution in [2.75, 3.05) is 14.2 Å². The summed E-state index contributed by atoms with van der Waals surface area (Å²) in [5.41, 5.74) is -0.997. The summed E-state index contributed by atoms with van der Waals surface area (Å²) in [5.74, 6) is -1.05. The zero-order valence-corrected chi connectivity index (χ0v) is 12.7. The van der Waals surface area contributed by atoms with Crippen molar-refractivity contribution in [1.82, 2.24) is 5.32 Å². The first-order valence-electron chi connectivity index (χ1n) is 6.50. The van der Waals surface area contributed by atoms with Gasteiger partial charge in [0.2, 0.25) is 17.5 Å². The smallest absolute Gasteiger partial charge is 0.250 e. The first kappa shape index (κ1) is 15.7. The maximum atomic E-state index is 12.3. The largest absolute Gasteiger partial charge is 0.501 e. The number of amides is 1. The van der Waals surface area contributed by atoms with Crippen LogP contribution in [0, 0.1) is 0 Å². The number of aliphatic hydroxyl groups excluding tert-OH is 1. The summed E-state index contributed by atoms with van der Waals surface area (Å²) in [6.07, 6.45) is 0. The van der Waals surface area contributed by atoms with Crippen LogP contribution in [0.25, 0.3) is 0 Å². The van der Waals surface area contributed by atoms with Crippen LogP contribution >= 0.6 is 0 Å². The number of hydrogen-bond donors (Lipinski definition) is 2. The standard InChI is InChI=1S/C15H17NO6/c1-8(17)16-14-12(18)13(19)15(2,22-14)9-5-6-10(20-3)11(7-9)21-4/h5-7,18H,1-4H3,(H,16,17). The fraction of sp³-hybridized carbons (Fsp3) is 0.333. The van der Waals surface area contributed by atoms with Gasteiger partial charge in [0.25, 0.3) is 5.78 Å². The van der Waals surface area contributed by atoms with Crippen molar-refractivity contribution >= 4 is 11.7 Å². The average Bonchev–Trinajstić information content (AvgIpc) is 2.71. The van der Waals surface area contributed by atoms with Gasteiger partial charge in [0.15, 0.2) is 17.1 Å². The van der Waals surface area contributed by atoms with Crippen LogP contribution in [-0.2, 0) is 19.9 Å². The monoisotopic (exact) mass is 307 g/mol. The minimum atomic E-state index is -1.46. The topological polar surface area (TPSA) is 94.1 Å². The Bertz CT molecular complexity index is 666. The molecule has 1 aliphatic heterocycles. The van der Waals surface area contributed by atoms with E-state index < -0.39 is 23.1 Å². The molecule has 1 heterocycles. The van der Waals surface area contributed by atoms with Crippen molar-refractivity contribution in [3.63, 3.8) is 0 Å². The number of nitrogens with one attached hydrogen (secondary N) is 1. The van der Waals surface area contributed by atoms with E-state index in [1.54, 1.807) is 18.2 Å². The molecule has 0 saturated carbocycles. The highest BCUT2D eigenvalue weighted by molar-refractivity contribution is 6.03. The van der Waals surface area contributed by atoms with Crippen molar-refractivity contribution in [3.8, 4) is 11.5 Å². The van der Waals surface area contributed by atoms with Gasteiger partial charge < -0.3 is 19.3 Å². The molecule has 1 aromatic carbocycles. The van der Waals surface area contributed by atoms with E-state index in [2.05, 4.69) is 5.32 Å². The Labute approximate surface area is 127 Å². The highest BCUT2D eigenvalue weighted by Crippen LogP contribution is 2.40. The van der Waals surface area contributed by atoms with E-state index in [0.717, 1.165) is 0 Å². The molecule has 0 aromatic heterocycles. The number of methoxy groups -OCH3 is 2. The van der Waals surface area contributed by atoms with E-state index in [0.29, 0.717) is 17.1 Å². The zero-order valence-electron chi connectivity index (χ0n) is 12.7. The maximum absolute atomic E-state index is 12.3. The van der Waals surface area contributed by atoms with E-state index in [1.807, 2.05) is 0 Å². The molecule has 1 aromatic rings. The Morgan fingerprint density at radius 2 is 1.91 bits per heavy atom. The third-order valence-electron chi connectivity index (χ3n) is 3.39. The van der Waals surface area contributed by atoms with Crippen LogP contribution in [0.3, 0.4) is 0 Å². The van der Waals surface area contributed by atoms with E-state index in [4.69, 9.17) is 14.2 Å². The Morgan fingerprint density at radius 1 is 1.27 bits per heavy atom. The fourth-order valence-electron chi connectivity index (χ4n) is 2.20. The molecule has 0 radical (unpaired) electrons. The molecular weight excluding hydrogens is 290 g/mol. The van der Waals surface area contributed by atoms with Crippen molar-refractivity contribution in [1.29, 1.82) is 0 Å². The van der Waals surface area contributed by atoms with Gasteiger partial charge in [-0.1, -0.05) is 6.07 Å². The van der Waals surface area contributed by atoms with Gasteiger partial charge in [-0.15, -0.1) is 0 Å². The number of carbonyl (C=O) groups is 2. The molecule has 7 heteroatoms. The van der Waals surface area contributed by atoms with Crippen molar-refractivity contribution in [2.45, 2.75) is 19.4 Å². The molecule has 7 nitrogen and oxygen atoms in total. The molecule has 0 saturated heterocycles. The second-order valence-electron chi connectivity index (χ2n) is 4.89. The number of benzene rings is 1. The first-order chi connectivity index (χ1) is 10.3. The molecule has 0 fully saturated rings. The lowest BCUT2D eigenvalue weighted by Gasteiger charge is -2.24. The maximum Gasteiger partial charge on any atom is 0.250 e. The summed E-state index contributed by atoms with van der Waals surface area (Å²) in [4.78, 5) is 23.4. The van der Waals surface area contributed by atoms with Crippen molar-refractivity contribution in [2.24, 2.45) is 0 Å². The highest BCUT2D eigenvalue weighted by atomic mass is 16.5. The van der Waals surface area contributed by atoms with Gasteiger partial charge in [-0.25, -0.2) is 0 Å². The number of aliphatic hydroxyl groups is 1. The van der Waals surface area contributed by atoms with Crippen molar-refractivity contribution < 1.29 is 28.9 Å². The molecular formula is C15H17NO6. The Kier molecular flexibility index (Phi) is 3.99. The van der Waals surface area contributed by atoms with E-state index in [1.165, 1.54) is 28.1 Å². The van der Waals surface area contributed by atoms with E-state index in [9.17, 15) is 14.7 Å². The summed E-state index contributed by atoms with van der Waals surface area (Å²) in [5, 5.41) is 12.2. The Hall–Kier alpha value is -2.70. The van der Waals surface area contributed by atoms with Crippen LogP contribution in [0.1, 0.15) is 19.4 Å². The van der Waals surface area contributed by atoms with Gasteiger partial charge in [0.1, 0.15) is 0 Å². The second kappa shape index (κ2) is 5.59. The zero-order chi connectivity index (χ0) is 16.5. The van der Waals surface area contributed by atoms with Crippen LogP contribution in [0.15, 0.2) is 29.8 Å². The molecule has 118 valence electrons. The van der Waals surface area contributed by atoms with Crippen LogP contribution in [-0.4, -0.2) is 31.0 Å². The van der Waals surface area contributed by atoms with Gasteiger partial charge >= 0.3 is 0 Å². The molecule has 0 aliphatic carbocycles. The van der Waals surface area contributed by atoms with Crippen LogP contribution < -0.4 is 14.8 Å². The summed E-state index contributed by atoms with van der Waals surface area (Å²) < 4.78 is 15.8. The van der Waals surface area contributed by atoms with Crippen LogP contribution in [0.5, 0.6) is 11.5 Å². The number of ether oxygens (including phenoxy) is 3. The van der Waals surface area contributed by atoms with Gasteiger partial charge in [-0.2, -0.15) is 0 Å². The molecule has 1 aliphatic rings. The first-order valence-corrected chi connectivity index (χ1v) is 6.50. The van der Waals surface area contributed by atoms with Crippen molar-refractivity contribution in [3.05, 3.63) is 35.4 Å². The lowest BCUT2D eigenvalue weighted by Crippen LogP contribution is -2.32. The van der Waals surface area contributed by atoms with E-state index in [-0.39, 0.29) is 5.88 Å². The predicted octanol–water partition coefficient (Wildman–Crippen LogP) is 1.38. The molecule has 2 rings (SSSR count). The molecule has 22 heavy (non-hydrogen) atoms. The quantitative estimate of drug-likeness (QED) is 0.873. The predicted molar refractivity (Wildman–Crippen MR) is 76.5 cm³/mol. The average molecular weight is 307 g/mol. The van der Waals surface area contributed by atoms with Crippen LogP contribution in [0.2, 0.25) is 0 Å². The third-order valence-corrected chi connectivity index (χ3v) is 3.39. The third kappa shape index (κ3) is 2.45. The molecule has 2 N–H and O–H groups in total. The van der Waals surface area contributed by atoms with E-state index >= 15 is 0 Å². The number of carbonyl (C=O) groups excluding carboxylic acids is 2. The number of ketones is 1. The summed E-state index contributed by atoms with van der Waals surface area (Å²) in [6.45, 7) is 2.75. The highest BCUT2D eigenvalue weighted by Gasteiger charge is 2.48. The summed E-state index contributed by atoms with van der Waals surface area (Å²) in [7, 11) is 2.97. The van der Waals surface area contributed by atoms with Gasteiger partial charge in [-0.3, -0.25) is 14.9 Å². The minimum absolute atomic E-state index is 0.255. The lowest BCUT2D eigenvalue weighted by molar-refractivity contribution is -0.132. The number of hydrogen-bond acceptors (Lipinski definition) is 6. The summed E-state index contributed by atoms with van der Waals surface area (Å²) >= 11 is 0. The second-order valence-corrected chi connectivity index (χ2v) is 4.89. The van der Waals surface area contributed by atoms with Gasteiger partial charge in [-0.05, 0) is 19.1 Å². The normalized spacial score (nSPS) is 20.6. The SMILES string of the molecule is COc1ccc(C2(C)OC(NC(C)=O)=C(O)C2=O)cc1OC. The van der Waals surface area contributed by atoms with Crippen LogP contribution in [0.4, 0.5) is 0 Å². The minimum Gasteiger partial charge on any atom is -0.501 e. The summed E-state index contributed by atoms with van der Waals surface area (Å²) in [6, 6.07) is 4.84. The molecule has 1 atom stereocenters. The molecule has 1 amide bonds. The Morgan fingerprint density at radius 3 is 2.45 bits per heavy atom. The molecule has 0 bridgehead atoms. The number of rotatable bonds is 4. The lowest BCUT2D eigenvalue weighted by atomic mass is 9.91.